The van der Waals surface area contributed by atoms with Crippen LogP contribution in [-0.4, -0.2) is 18.0 Å². The zero-order chi connectivity index (χ0) is 13.8. The number of aromatic nitrogens is 1. The van der Waals surface area contributed by atoms with Gasteiger partial charge in [0.2, 0.25) is 0 Å². The van der Waals surface area contributed by atoms with Gasteiger partial charge in [-0.1, -0.05) is 11.6 Å². The molecule has 0 aliphatic carbocycles. The van der Waals surface area contributed by atoms with Crippen molar-refractivity contribution >= 4 is 23.2 Å². The number of anilines is 1. The first kappa shape index (κ1) is 13.4. The van der Waals surface area contributed by atoms with Crippen LogP contribution >= 0.6 is 11.6 Å². The number of aryl methyl sites for hydroxylation is 1. The van der Waals surface area contributed by atoms with Gasteiger partial charge < -0.3 is 10.1 Å². The van der Waals surface area contributed by atoms with E-state index in [1.807, 2.05) is 6.92 Å². The number of carbonyl (C=O) groups is 1. The summed E-state index contributed by atoms with van der Waals surface area (Å²) in [5.74, 6) is 0.338. The van der Waals surface area contributed by atoms with Gasteiger partial charge in [-0.2, -0.15) is 0 Å². The van der Waals surface area contributed by atoms with Crippen molar-refractivity contribution in [3.8, 4) is 5.75 Å². The van der Waals surface area contributed by atoms with Crippen molar-refractivity contribution in [1.29, 1.82) is 0 Å². The molecule has 4 nitrogen and oxygen atoms in total. The SMILES string of the molecule is COc1ccc(Cl)cc1NC(=O)c1ccncc1C. The lowest BCUT2D eigenvalue weighted by atomic mass is 10.1. The van der Waals surface area contributed by atoms with Crippen LogP contribution in [0, 0.1) is 6.92 Å². The number of amides is 1. The van der Waals surface area contributed by atoms with Gasteiger partial charge in [-0.05, 0) is 36.8 Å². The molecule has 1 amide bonds. The van der Waals surface area contributed by atoms with Gasteiger partial charge in [0.05, 0.1) is 12.8 Å². The second kappa shape index (κ2) is 5.71. The predicted octanol–water partition coefficient (Wildman–Crippen LogP) is 3.30. The summed E-state index contributed by atoms with van der Waals surface area (Å²) in [5.41, 5.74) is 1.91. The molecule has 1 N–H and O–H groups in total. The smallest absolute Gasteiger partial charge is 0.256 e. The van der Waals surface area contributed by atoms with Crippen molar-refractivity contribution in [1.82, 2.24) is 4.98 Å². The minimum Gasteiger partial charge on any atom is -0.495 e. The van der Waals surface area contributed by atoms with Crippen molar-refractivity contribution in [3.63, 3.8) is 0 Å². The fraction of sp³-hybridized carbons (Fsp3) is 0.143. The molecule has 1 aromatic heterocycles. The lowest BCUT2D eigenvalue weighted by Gasteiger charge is -2.11. The average Bonchev–Trinajstić information content (AvgIpc) is 2.39. The maximum atomic E-state index is 12.2. The zero-order valence-corrected chi connectivity index (χ0v) is 11.4. The predicted molar refractivity (Wildman–Crippen MR) is 74.9 cm³/mol. The van der Waals surface area contributed by atoms with Crippen LogP contribution in [0.1, 0.15) is 15.9 Å². The molecule has 0 unspecified atom stereocenters. The van der Waals surface area contributed by atoms with Crippen LogP contribution in [0.4, 0.5) is 5.69 Å². The first-order valence-corrected chi connectivity index (χ1v) is 6.05. The fourth-order valence-corrected chi connectivity index (χ4v) is 1.87. The Hall–Kier alpha value is -2.07. The summed E-state index contributed by atoms with van der Waals surface area (Å²) in [6.45, 7) is 1.83. The van der Waals surface area contributed by atoms with E-state index in [1.54, 1.807) is 36.7 Å². The summed E-state index contributed by atoms with van der Waals surface area (Å²) in [7, 11) is 1.54. The Labute approximate surface area is 116 Å². The van der Waals surface area contributed by atoms with Gasteiger partial charge >= 0.3 is 0 Å². The Morgan fingerprint density at radius 1 is 1.37 bits per heavy atom. The third-order valence-electron chi connectivity index (χ3n) is 2.67. The number of halogens is 1. The standard InChI is InChI=1S/C14H13ClN2O2/c1-9-8-16-6-5-11(9)14(18)17-12-7-10(15)3-4-13(12)19-2/h3-8H,1-2H3,(H,17,18). The summed E-state index contributed by atoms with van der Waals surface area (Å²) < 4.78 is 5.18. The first-order valence-electron chi connectivity index (χ1n) is 5.67. The summed E-state index contributed by atoms with van der Waals surface area (Å²) >= 11 is 5.92. The van der Waals surface area contributed by atoms with Crippen LogP contribution in [0.2, 0.25) is 5.02 Å². The molecule has 0 saturated carbocycles. The summed E-state index contributed by atoms with van der Waals surface area (Å²) in [4.78, 5) is 16.1. The highest BCUT2D eigenvalue weighted by Gasteiger charge is 2.12. The molecule has 0 saturated heterocycles. The van der Waals surface area contributed by atoms with Gasteiger partial charge in [0.15, 0.2) is 0 Å². The number of methoxy groups -OCH3 is 1. The highest BCUT2D eigenvalue weighted by molar-refractivity contribution is 6.31. The van der Waals surface area contributed by atoms with E-state index in [9.17, 15) is 4.79 Å². The Morgan fingerprint density at radius 2 is 2.16 bits per heavy atom. The number of carbonyl (C=O) groups excluding carboxylic acids is 1. The van der Waals surface area contributed by atoms with E-state index in [1.165, 1.54) is 7.11 Å². The summed E-state index contributed by atoms with van der Waals surface area (Å²) in [5, 5.41) is 3.31. The van der Waals surface area contributed by atoms with Crippen LogP contribution < -0.4 is 10.1 Å². The topological polar surface area (TPSA) is 51.2 Å². The first-order chi connectivity index (χ1) is 9.11. The number of nitrogens with zero attached hydrogens (tertiary/aromatic N) is 1. The maximum Gasteiger partial charge on any atom is 0.256 e. The van der Waals surface area contributed by atoms with Gasteiger partial charge in [0.25, 0.3) is 5.91 Å². The molecular weight excluding hydrogens is 264 g/mol. The number of hydrogen-bond donors (Lipinski definition) is 1. The zero-order valence-electron chi connectivity index (χ0n) is 10.6. The number of hydrogen-bond acceptors (Lipinski definition) is 3. The van der Waals surface area contributed by atoms with E-state index < -0.39 is 0 Å². The molecule has 0 aliphatic rings. The Bertz CT molecular complexity index is 614. The Kier molecular flexibility index (Phi) is 4.02. The van der Waals surface area contributed by atoms with E-state index in [-0.39, 0.29) is 5.91 Å². The molecule has 0 fully saturated rings. The molecule has 1 heterocycles. The van der Waals surface area contributed by atoms with E-state index in [2.05, 4.69) is 10.3 Å². The lowest BCUT2D eigenvalue weighted by molar-refractivity contribution is 0.102. The van der Waals surface area contributed by atoms with Gasteiger partial charge in [-0.25, -0.2) is 0 Å². The number of pyridine rings is 1. The molecule has 0 aliphatic heterocycles. The highest BCUT2D eigenvalue weighted by Crippen LogP contribution is 2.28. The summed E-state index contributed by atoms with van der Waals surface area (Å²) in [6, 6.07) is 6.72. The molecule has 0 bridgehead atoms. The normalized spacial score (nSPS) is 10.1. The highest BCUT2D eigenvalue weighted by atomic mass is 35.5. The quantitative estimate of drug-likeness (QED) is 0.936. The van der Waals surface area contributed by atoms with Crippen LogP contribution in [-0.2, 0) is 0 Å². The molecule has 1 aromatic carbocycles. The minimum atomic E-state index is -0.222. The van der Waals surface area contributed by atoms with E-state index in [0.29, 0.717) is 22.0 Å². The van der Waals surface area contributed by atoms with Crippen molar-refractivity contribution in [3.05, 3.63) is 52.8 Å². The van der Waals surface area contributed by atoms with Gasteiger partial charge in [-0.15, -0.1) is 0 Å². The molecular formula is C14H13ClN2O2. The third-order valence-corrected chi connectivity index (χ3v) is 2.91. The Balaban J connectivity index is 2.29. The molecule has 0 atom stereocenters. The average molecular weight is 277 g/mol. The molecule has 0 radical (unpaired) electrons. The number of rotatable bonds is 3. The van der Waals surface area contributed by atoms with Gasteiger partial charge in [-0.3, -0.25) is 9.78 Å². The van der Waals surface area contributed by atoms with Gasteiger partial charge in [0.1, 0.15) is 5.75 Å². The molecule has 2 aromatic rings. The van der Waals surface area contributed by atoms with Gasteiger partial charge in [0, 0.05) is 23.0 Å². The minimum absolute atomic E-state index is 0.222. The number of benzene rings is 1. The van der Waals surface area contributed by atoms with Crippen molar-refractivity contribution in [2.24, 2.45) is 0 Å². The second-order valence-electron chi connectivity index (χ2n) is 3.99. The number of nitrogens with one attached hydrogen (secondary N) is 1. The van der Waals surface area contributed by atoms with Crippen LogP contribution in [0.3, 0.4) is 0 Å². The number of ether oxygens (including phenoxy) is 1. The second-order valence-corrected chi connectivity index (χ2v) is 4.43. The molecule has 5 heteroatoms. The van der Waals surface area contributed by atoms with E-state index in [0.717, 1.165) is 5.56 Å². The van der Waals surface area contributed by atoms with Crippen LogP contribution in [0.25, 0.3) is 0 Å². The van der Waals surface area contributed by atoms with Crippen LogP contribution in [0.15, 0.2) is 36.7 Å². The lowest BCUT2D eigenvalue weighted by Crippen LogP contribution is -2.14. The Morgan fingerprint density at radius 3 is 2.84 bits per heavy atom. The summed E-state index contributed by atoms with van der Waals surface area (Å²) in [6.07, 6.45) is 3.22. The van der Waals surface area contributed by atoms with E-state index >= 15 is 0 Å². The largest absolute Gasteiger partial charge is 0.495 e. The van der Waals surface area contributed by atoms with Crippen molar-refractivity contribution in [2.45, 2.75) is 6.92 Å². The monoisotopic (exact) mass is 276 g/mol. The molecule has 0 spiro atoms. The van der Waals surface area contributed by atoms with Crippen LogP contribution in [0.5, 0.6) is 5.75 Å². The molecule has 19 heavy (non-hydrogen) atoms. The van der Waals surface area contributed by atoms with Crippen molar-refractivity contribution in [2.75, 3.05) is 12.4 Å². The molecule has 2 rings (SSSR count). The fourth-order valence-electron chi connectivity index (χ4n) is 1.70. The maximum absolute atomic E-state index is 12.2. The van der Waals surface area contributed by atoms with E-state index in [4.69, 9.17) is 16.3 Å². The molecule has 98 valence electrons. The third kappa shape index (κ3) is 3.03. The van der Waals surface area contributed by atoms with Crippen molar-refractivity contribution < 1.29 is 9.53 Å².